The molecule has 9 nitrogen and oxygen atoms in total. The number of piperidine rings is 1. The van der Waals surface area contributed by atoms with Crippen LogP contribution in [-0.4, -0.2) is 57.6 Å². The summed E-state index contributed by atoms with van der Waals surface area (Å²) < 4.78 is 32.8. The highest BCUT2D eigenvalue weighted by Crippen LogP contribution is 2.43. The standard InChI is InChI=1S/C17H22N6O3S/c1-27(24,25)22-6-4-11(5-7-22)20-17-18-8-14-15(21-17)16-13(9-26-14)19-10-23(16)12-2-3-12/h8,10-12H,2-7,9H2,1H3,(H,18,20,21). The summed E-state index contributed by atoms with van der Waals surface area (Å²) in [6, 6.07) is 0.664. The number of imidazole rings is 1. The summed E-state index contributed by atoms with van der Waals surface area (Å²) in [4.78, 5) is 13.6. The molecule has 144 valence electrons. The van der Waals surface area contributed by atoms with Gasteiger partial charge in [-0.15, -0.1) is 0 Å². The third kappa shape index (κ3) is 3.16. The third-order valence-corrected chi connectivity index (χ3v) is 6.71. The van der Waals surface area contributed by atoms with E-state index in [1.54, 1.807) is 6.20 Å². The first-order valence-electron chi connectivity index (χ1n) is 9.26. The monoisotopic (exact) mass is 390 g/mol. The minimum absolute atomic E-state index is 0.151. The van der Waals surface area contributed by atoms with Crippen molar-refractivity contribution in [3.05, 3.63) is 18.2 Å². The first-order valence-corrected chi connectivity index (χ1v) is 11.1. The molecule has 3 aliphatic rings. The Balaban J connectivity index is 1.37. The van der Waals surface area contributed by atoms with Crippen molar-refractivity contribution >= 4 is 16.0 Å². The van der Waals surface area contributed by atoms with Gasteiger partial charge in [-0.25, -0.2) is 27.7 Å². The minimum Gasteiger partial charge on any atom is -0.483 e. The summed E-state index contributed by atoms with van der Waals surface area (Å²) in [5.74, 6) is 1.23. The molecule has 1 aliphatic carbocycles. The van der Waals surface area contributed by atoms with Crippen LogP contribution in [0.3, 0.4) is 0 Å². The van der Waals surface area contributed by atoms with Crippen molar-refractivity contribution < 1.29 is 13.2 Å². The topological polar surface area (TPSA) is 102 Å². The predicted molar refractivity (Wildman–Crippen MR) is 98.9 cm³/mol. The quantitative estimate of drug-likeness (QED) is 0.842. The van der Waals surface area contributed by atoms with Crippen LogP contribution in [0.5, 0.6) is 5.75 Å². The minimum atomic E-state index is -3.12. The molecule has 5 rings (SSSR count). The molecule has 2 aromatic heterocycles. The number of rotatable bonds is 4. The Kier molecular flexibility index (Phi) is 3.87. The van der Waals surface area contributed by atoms with E-state index in [0.717, 1.165) is 29.9 Å². The summed E-state index contributed by atoms with van der Waals surface area (Å²) in [7, 11) is -3.12. The van der Waals surface area contributed by atoms with Crippen molar-refractivity contribution in [2.45, 2.75) is 44.4 Å². The molecule has 0 bridgehead atoms. The van der Waals surface area contributed by atoms with Gasteiger partial charge in [0.15, 0.2) is 5.75 Å². The summed E-state index contributed by atoms with van der Waals surface area (Å²) >= 11 is 0. The van der Waals surface area contributed by atoms with Gasteiger partial charge in [0.25, 0.3) is 0 Å². The highest BCUT2D eigenvalue weighted by atomic mass is 32.2. The van der Waals surface area contributed by atoms with E-state index in [4.69, 9.17) is 9.72 Å². The molecule has 0 aromatic carbocycles. The number of hydrogen-bond donors (Lipinski definition) is 1. The lowest BCUT2D eigenvalue weighted by Crippen LogP contribution is -2.42. The zero-order valence-corrected chi connectivity index (χ0v) is 15.9. The molecular weight excluding hydrogens is 368 g/mol. The van der Waals surface area contributed by atoms with Gasteiger partial charge in [-0.05, 0) is 25.7 Å². The molecule has 0 radical (unpaired) electrons. The maximum absolute atomic E-state index is 11.7. The average Bonchev–Trinajstić information content (AvgIpc) is 3.40. The zero-order valence-electron chi connectivity index (χ0n) is 15.1. The van der Waals surface area contributed by atoms with Crippen molar-refractivity contribution in [2.75, 3.05) is 24.7 Å². The van der Waals surface area contributed by atoms with Crippen LogP contribution in [-0.2, 0) is 16.6 Å². The molecule has 0 amide bonds. The number of nitrogens with zero attached hydrogens (tertiary/aromatic N) is 5. The molecule has 0 spiro atoms. The van der Waals surface area contributed by atoms with E-state index in [2.05, 4.69) is 19.9 Å². The Hall–Kier alpha value is -2.20. The Labute approximate surface area is 157 Å². The molecule has 2 aliphatic heterocycles. The largest absolute Gasteiger partial charge is 0.483 e. The Morgan fingerprint density at radius 1 is 1.19 bits per heavy atom. The number of sulfonamides is 1. The van der Waals surface area contributed by atoms with Gasteiger partial charge in [-0.1, -0.05) is 0 Å². The number of hydrogen-bond acceptors (Lipinski definition) is 7. The van der Waals surface area contributed by atoms with E-state index in [-0.39, 0.29) is 6.04 Å². The van der Waals surface area contributed by atoms with Gasteiger partial charge in [-0.3, -0.25) is 0 Å². The molecule has 1 saturated carbocycles. The second kappa shape index (κ2) is 6.16. The number of fused-ring (bicyclic) bond motifs is 3. The predicted octanol–water partition coefficient (Wildman–Crippen LogP) is 1.40. The number of anilines is 1. The van der Waals surface area contributed by atoms with Crippen LogP contribution in [0.15, 0.2) is 12.5 Å². The Bertz CT molecular complexity index is 977. The van der Waals surface area contributed by atoms with Crippen LogP contribution >= 0.6 is 0 Å². The maximum atomic E-state index is 11.7. The molecule has 1 N–H and O–H groups in total. The first-order chi connectivity index (χ1) is 13.0. The molecular formula is C17H22N6O3S. The van der Waals surface area contributed by atoms with E-state index >= 15 is 0 Å². The highest BCUT2D eigenvalue weighted by Gasteiger charge is 2.32. The smallest absolute Gasteiger partial charge is 0.223 e. The molecule has 1 saturated heterocycles. The number of aromatic nitrogens is 4. The van der Waals surface area contributed by atoms with E-state index in [1.165, 1.54) is 23.4 Å². The van der Waals surface area contributed by atoms with Crippen LogP contribution in [0.2, 0.25) is 0 Å². The molecule has 2 aromatic rings. The maximum Gasteiger partial charge on any atom is 0.223 e. The number of nitrogens with one attached hydrogen (secondary N) is 1. The molecule has 0 atom stereocenters. The van der Waals surface area contributed by atoms with Crippen molar-refractivity contribution in [3.8, 4) is 17.1 Å². The van der Waals surface area contributed by atoms with Crippen LogP contribution < -0.4 is 10.1 Å². The lowest BCUT2D eigenvalue weighted by atomic mass is 10.1. The van der Waals surface area contributed by atoms with Crippen LogP contribution in [0, 0.1) is 0 Å². The van der Waals surface area contributed by atoms with Crippen LogP contribution in [0.25, 0.3) is 11.4 Å². The van der Waals surface area contributed by atoms with Gasteiger partial charge in [0.05, 0.1) is 24.5 Å². The highest BCUT2D eigenvalue weighted by molar-refractivity contribution is 7.88. The molecule has 4 heterocycles. The van der Waals surface area contributed by atoms with E-state index in [1.807, 2.05) is 6.33 Å². The molecule has 27 heavy (non-hydrogen) atoms. The van der Waals surface area contributed by atoms with Gasteiger partial charge in [0.2, 0.25) is 16.0 Å². The third-order valence-electron chi connectivity index (χ3n) is 5.41. The first kappa shape index (κ1) is 16.9. The van der Waals surface area contributed by atoms with Gasteiger partial charge >= 0.3 is 0 Å². The Morgan fingerprint density at radius 2 is 1.96 bits per heavy atom. The molecule has 2 fully saturated rings. The van der Waals surface area contributed by atoms with Crippen LogP contribution in [0.4, 0.5) is 5.95 Å². The second-order valence-corrected chi connectivity index (χ2v) is 9.44. The van der Waals surface area contributed by atoms with Gasteiger partial charge in [0, 0.05) is 25.2 Å². The van der Waals surface area contributed by atoms with E-state index < -0.39 is 10.0 Å². The molecule has 0 unspecified atom stereocenters. The SMILES string of the molecule is CS(=O)(=O)N1CCC(Nc2ncc3c(n2)-c2c(ncn2C2CC2)CO3)CC1. The average molecular weight is 390 g/mol. The van der Waals surface area contributed by atoms with E-state index in [9.17, 15) is 8.42 Å². The van der Waals surface area contributed by atoms with Crippen molar-refractivity contribution in [1.29, 1.82) is 0 Å². The summed E-state index contributed by atoms with van der Waals surface area (Å²) in [6.45, 7) is 1.48. The van der Waals surface area contributed by atoms with Gasteiger partial charge < -0.3 is 14.6 Å². The fraction of sp³-hybridized carbons (Fsp3) is 0.588. The fourth-order valence-electron chi connectivity index (χ4n) is 3.77. The Morgan fingerprint density at radius 3 is 2.67 bits per heavy atom. The van der Waals surface area contributed by atoms with Crippen molar-refractivity contribution in [3.63, 3.8) is 0 Å². The fourth-order valence-corrected chi connectivity index (χ4v) is 4.64. The number of ether oxygens (including phenoxy) is 1. The van der Waals surface area contributed by atoms with Gasteiger partial charge in [-0.2, -0.15) is 0 Å². The van der Waals surface area contributed by atoms with Crippen molar-refractivity contribution in [1.82, 2.24) is 23.8 Å². The lowest BCUT2D eigenvalue weighted by molar-refractivity contribution is 0.294. The van der Waals surface area contributed by atoms with E-state index in [0.29, 0.717) is 37.4 Å². The summed E-state index contributed by atoms with van der Waals surface area (Å²) in [5.41, 5.74) is 2.74. The summed E-state index contributed by atoms with van der Waals surface area (Å²) in [5, 5.41) is 3.36. The molecule has 10 heteroatoms. The van der Waals surface area contributed by atoms with Gasteiger partial charge in [0.1, 0.15) is 18.0 Å². The normalized spacial score (nSPS) is 20.6. The zero-order chi connectivity index (χ0) is 18.6. The lowest BCUT2D eigenvalue weighted by Gasteiger charge is -2.30. The second-order valence-electron chi connectivity index (χ2n) is 7.45. The van der Waals surface area contributed by atoms with Crippen molar-refractivity contribution in [2.24, 2.45) is 0 Å². The summed E-state index contributed by atoms with van der Waals surface area (Å²) in [6.07, 6.45) is 8.67. The van der Waals surface area contributed by atoms with Crippen LogP contribution in [0.1, 0.15) is 37.4 Å².